The van der Waals surface area contributed by atoms with Crippen LogP contribution in [0.3, 0.4) is 0 Å². The molecule has 0 bridgehead atoms. The van der Waals surface area contributed by atoms with E-state index in [2.05, 4.69) is 28.9 Å². The van der Waals surface area contributed by atoms with E-state index in [0.717, 1.165) is 10.0 Å². The van der Waals surface area contributed by atoms with Crippen molar-refractivity contribution < 1.29 is 4.79 Å². The molecule has 2 rings (SSSR count). The van der Waals surface area contributed by atoms with Crippen LogP contribution in [-0.2, 0) is 6.54 Å². The fourth-order valence-corrected chi connectivity index (χ4v) is 3.42. The Balaban J connectivity index is 2.25. The monoisotopic (exact) mass is 352 g/mol. The Hall–Kier alpha value is -1.33. The summed E-state index contributed by atoms with van der Waals surface area (Å²) >= 11 is 5.06. The molecule has 1 aromatic carbocycles. The predicted octanol–water partition coefficient (Wildman–Crippen LogP) is 3.98. The van der Waals surface area contributed by atoms with Gasteiger partial charge in [-0.25, -0.2) is 0 Å². The third-order valence-electron chi connectivity index (χ3n) is 3.34. The second kappa shape index (κ2) is 5.97. The highest BCUT2D eigenvalue weighted by atomic mass is 79.9. The Morgan fingerprint density at radius 2 is 2.10 bits per heavy atom. The van der Waals surface area contributed by atoms with Gasteiger partial charge in [0.2, 0.25) is 0 Å². The summed E-state index contributed by atoms with van der Waals surface area (Å²) in [5.41, 5.74) is 9.25. The van der Waals surface area contributed by atoms with E-state index >= 15 is 0 Å². The minimum absolute atomic E-state index is 0.0108. The number of thiophene rings is 1. The third-order valence-corrected chi connectivity index (χ3v) is 4.80. The summed E-state index contributed by atoms with van der Waals surface area (Å²) in [5.74, 6) is -0.0108. The molecule has 0 spiro atoms. The highest BCUT2D eigenvalue weighted by molar-refractivity contribution is 9.10. The summed E-state index contributed by atoms with van der Waals surface area (Å²) in [5, 5.41) is 2.05. The van der Waals surface area contributed by atoms with Gasteiger partial charge in [0.15, 0.2) is 0 Å². The molecule has 106 valence electrons. The van der Waals surface area contributed by atoms with Crippen LogP contribution >= 0.6 is 27.3 Å². The highest BCUT2D eigenvalue weighted by Gasteiger charge is 2.17. The lowest BCUT2D eigenvalue weighted by molar-refractivity contribution is 0.0785. The summed E-state index contributed by atoms with van der Waals surface area (Å²) in [6, 6.07) is 5.71. The van der Waals surface area contributed by atoms with E-state index < -0.39 is 0 Å². The first-order valence-electron chi connectivity index (χ1n) is 6.24. The number of carbonyl (C=O) groups excluding carboxylic acids is 1. The molecule has 1 aromatic heterocycles. The van der Waals surface area contributed by atoms with E-state index in [1.54, 1.807) is 16.2 Å². The first-order chi connectivity index (χ1) is 9.40. The molecule has 2 aromatic rings. The van der Waals surface area contributed by atoms with Crippen LogP contribution in [0.1, 0.15) is 26.4 Å². The van der Waals surface area contributed by atoms with Crippen LogP contribution in [0.25, 0.3) is 0 Å². The maximum atomic E-state index is 12.6. The summed E-state index contributed by atoms with van der Waals surface area (Å²) in [6.45, 7) is 4.56. The van der Waals surface area contributed by atoms with Crippen molar-refractivity contribution in [3.05, 3.63) is 49.6 Å². The topological polar surface area (TPSA) is 46.3 Å². The number of hydrogen-bond donors (Lipinski definition) is 1. The van der Waals surface area contributed by atoms with E-state index in [-0.39, 0.29) is 5.91 Å². The van der Waals surface area contributed by atoms with Crippen molar-refractivity contribution in [2.24, 2.45) is 0 Å². The van der Waals surface area contributed by atoms with E-state index in [9.17, 15) is 4.79 Å². The normalized spacial score (nSPS) is 10.6. The van der Waals surface area contributed by atoms with Crippen LogP contribution in [0.5, 0.6) is 0 Å². The SMILES string of the molecule is Cc1ccsc1CN(C)C(=O)c1cc(Br)cc(N)c1C. The number of benzene rings is 1. The maximum absolute atomic E-state index is 12.6. The van der Waals surface area contributed by atoms with Crippen LogP contribution in [-0.4, -0.2) is 17.9 Å². The van der Waals surface area contributed by atoms with Gasteiger partial charge in [-0.2, -0.15) is 0 Å². The van der Waals surface area contributed by atoms with E-state index in [4.69, 9.17) is 5.73 Å². The summed E-state index contributed by atoms with van der Waals surface area (Å²) in [6.07, 6.45) is 0. The van der Waals surface area contributed by atoms with Gasteiger partial charge in [-0.15, -0.1) is 11.3 Å². The van der Waals surface area contributed by atoms with Crippen LogP contribution in [0, 0.1) is 13.8 Å². The molecular formula is C15H17BrN2OS. The molecule has 0 radical (unpaired) electrons. The Labute approximate surface area is 131 Å². The first-order valence-corrected chi connectivity index (χ1v) is 7.91. The minimum Gasteiger partial charge on any atom is -0.398 e. The highest BCUT2D eigenvalue weighted by Crippen LogP contribution is 2.25. The number of hydrogen-bond acceptors (Lipinski definition) is 3. The molecule has 3 nitrogen and oxygen atoms in total. The predicted molar refractivity (Wildman–Crippen MR) is 88.1 cm³/mol. The molecule has 0 fully saturated rings. The van der Waals surface area contributed by atoms with E-state index in [0.29, 0.717) is 17.8 Å². The van der Waals surface area contributed by atoms with Gasteiger partial charge in [-0.05, 0) is 48.6 Å². The van der Waals surface area contributed by atoms with Gasteiger partial charge < -0.3 is 10.6 Å². The van der Waals surface area contributed by atoms with Crippen molar-refractivity contribution in [2.75, 3.05) is 12.8 Å². The third kappa shape index (κ3) is 3.04. The van der Waals surface area contributed by atoms with Crippen LogP contribution in [0.4, 0.5) is 5.69 Å². The van der Waals surface area contributed by atoms with Gasteiger partial charge in [-0.1, -0.05) is 15.9 Å². The molecular weight excluding hydrogens is 336 g/mol. The molecule has 0 unspecified atom stereocenters. The largest absolute Gasteiger partial charge is 0.398 e. The Morgan fingerprint density at radius 1 is 1.40 bits per heavy atom. The smallest absolute Gasteiger partial charge is 0.254 e. The molecule has 5 heteroatoms. The molecule has 0 aliphatic rings. The molecule has 1 heterocycles. The average Bonchev–Trinajstić information content (AvgIpc) is 2.78. The lowest BCUT2D eigenvalue weighted by Crippen LogP contribution is -2.27. The molecule has 2 N–H and O–H groups in total. The number of nitrogens with two attached hydrogens (primary N) is 1. The quantitative estimate of drug-likeness (QED) is 0.849. The number of amides is 1. The Bertz CT molecular complexity index is 651. The van der Waals surface area contributed by atoms with Crippen LogP contribution in [0.15, 0.2) is 28.1 Å². The average molecular weight is 353 g/mol. The fourth-order valence-electron chi connectivity index (χ4n) is 1.98. The summed E-state index contributed by atoms with van der Waals surface area (Å²) in [4.78, 5) is 15.5. The molecule has 20 heavy (non-hydrogen) atoms. The number of rotatable bonds is 3. The zero-order valence-electron chi connectivity index (χ0n) is 11.7. The van der Waals surface area contributed by atoms with Crippen molar-refractivity contribution in [3.63, 3.8) is 0 Å². The van der Waals surface area contributed by atoms with Crippen LogP contribution in [0.2, 0.25) is 0 Å². The van der Waals surface area contributed by atoms with Gasteiger partial charge in [0.05, 0.1) is 6.54 Å². The van der Waals surface area contributed by atoms with Crippen molar-refractivity contribution in [1.29, 1.82) is 0 Å². The lowest BCUT2D eigenvalue weighted by atomic mass is 10.1. The molecule has 0 saturated heterocycles. The lowest BCUT2D eigenvalue weighted by Gasteiger charge is -2.19. The molecule has 0 saturated carbocycles. The van der Waals surface area contributed by atoms with Crippen molar-refractivity contribution >= 4 is 38.9 Å². The molecule has 1 amide bonds. The van der Waals surface area contributed by atoms with Crippen molar-refractivity contribution in [1.82, 2.24) is 4.90 Å². The summed E-state index contributed by atoms with van der Waals surface area (Å²) < 4.78 is 0.824. The minimum atomic E-state index is -0.0108. The standard InChI is InChI=1S/C15H17BrN2OS/c1-9-4-5-20-14(9)8-18(3)15(19)12-6-11(16)7-13(17)10(12)2/h4-7H,8,17H2,1-3H3. The van der Waals surface area contributed by atoms with Crippen LogP contribution < -0.4 is 5.73 Å². The summed E-state index contributed by atoms with van der Waals surface area (Å²) in [7, 11) is 1.82. The van der Waals surface area contributed by atoms with Gasteiger partial charge in [0, 0.05) is 27.6 Å². The Morgan fingerprint density at radius 3 is 2.70 bits per heavy atom. The van der Waals surface area contributed by atoms with Crippen molar-refractivity contribution in [2.45, 2.75) is 20.4 Å². The van der Waals surface area contributed by atoms with Gasteiger partial charge in [0.25, 0.3) is 5.91 Å². The van der Waals surface area contributed by atoms with Gasteiger partial charge in [0.1, 0.15) is 0 Å². The number of nitrogen functional groups attached to an aromatic ring is 1. The number of carbonyl (C=O) groups is 1. The van der Waals surface area contributed by atoms with E-state index in [1.165, 1.54) is 10.4 Å². The van der Waals surface area contributed by atoms with E-state index in [1.807, 2.05) is 31.5 Å². The second-order valence-electron chi connectivity index (χ2n) is 4.86. The zero-order valence-corrected chi connectivity index (χ0v) is 14.1. The van der Waals surface area contributed by atoms with Gasteiger partial charge in [-0.3, -0.25) is 4.79 Å². The van der Waals surface area contributed by atoms with Gasteiger partial charge >= 0.3 is 0 Å². The maximum Gasteiger partial charge on any atom is 0.254 e. The first kappa shape index (κ1) is 15.1. The second-order valence-corrected chi connectivity index (χ2v) is 6.77. The van der Waals surface area contributed by atoms with Crippen molar-refractivity contribution in [3.8, 4) is 0 Å². The molecule has 0 atom stereocenters. The number of aryl methyl sites for hydroxylation is 1. The number of nitrogens with zero attached hydrogens (tertiary/aromatic N) is 1. The fraction of sp³-hybridized carbons (Fsp3) is 0.267. The molecule has 0 aliphatic heterocycles. The number of anilines is 1. The zero-order chi connectivity index (χ0) is 14.9. The Kier molecular flexibility index (Phi) is 4.50. The molecule has 0 aliphatic carbocycles. The number of halogens is 1.